The Morgan fingerprint density at radius 1 is 1.10 bits per heavy atom. The lowest BCUT2D eigenvalue weighted by Gasteiger charge is -2.12. The van der Waals surface area contributed by atoms with E-state index < -0.39 is 0 Å². The number of nitrogens with two attached hydrogens (primary N) is 1. The van der Waals surface area contributed by atoms with Gasteiger partial charge in [0.1, 0.15) is 17.3 Å². The lowest BCUT2D eigenvalue weighted by atomic mass is 10.1. The van der Waals surface area contributed by atoms with Crippen LogP contribution in [0.1, 0.15) is 43.5 Å². The summed E-state index contributed by atoms with van der Waals surface area (Å²) in [5.41, 5.74) is 9.72. The fourth-order valence-electron chi connectivity index (χ4n) is 2.94. The van der Waals surface area contributed by atoms with Crippen molar-refractivity contribution in [2.45, 2.75) is 37.6 Å². The zero-order valence-electron chi connectivity index (χ0n) is 12.7. The normalized spacial score (nSPS) is 18.0. The maximum Gasteiger partial charge on any atom is 0.132 e. The first-order valence-electron chi connectivity index (χ1n) is 7.80. The Labute approximate surface area is 125 Å². The van der Waals surface area contributed by atoms with E-state index in [0.717, 1.165) is 17.1 Å². The van der Waals surface area contributed by atoms with Crippen molar-refractivity contribution in [1.29, 1.82) is 0 Å². The van der Waals surface area contributed by atoms with Crippen molar-refractivity contribution in [3.63, 3.8) is 0 Å². The van der Waals surface area contributed by atoms with Crippen LogP contribution in [0.15, 0.2) is 24.3 Å². The van der Waals surface area contributed by atoms with Gasteiger partial charge < -0.3 is 15.2 Å². The first-order valence-corrected chi connectivity index (χ1v) is 7.80. The van der Waals surface area contributed by atoms with Gasteiger partial charge in [-0.15, -0.1) is 0 Å². The Bertz CT molecular complexity index is 661. The van der Waals surface area contributed by atoms with E-state index in [0.29, 0.717) is 12.0 Å². The monoisotopic (exact) mass is 282 g/mol. The van der Waals surface area contributed by atoms with Gasteiger partial charge in [-0.2, -0.15) is 0 Å². The summed E-state index contributed by atoms with van der Waals surface area (Å²) in [6.45, 7) is 0. The smallest absolute Gasteiger partial charge is 0.132 e. The molecule has 21 heavy (non-hydrogen) atoms. The molecular formula is C17H22N4. The summed E-state index contributed by atoms with van der Waals surface area (Å²) in [5, 5.41) is 0. The summed E-state index contributed by atoms with van der Waals surface area (Å²) in [5.74, 6) is 2.72. The summed E-state index contributed by atoms with van der Waals surface area (Å²) < 4.78 is 2.31. The first kappa shape index (κ1) is 12.7. The largest absolute Gasteiger partial charge is 0.383 e. The van der Waals surface area contributed by atoms with Crippen LogP contribution in [0.4, 0.5) is 11.5 Å². The number of anilines is 2. The lowest BCUT2D eigenvalue weighted by Crippen LogP contribution is -2.08. The van der Waals surface area contributed by atoms with Gasteiger partial charge in [0.15, 0.2) is 0 Å². The van der Waals surface area contributed by atoms with Crippen molar-refractivity contribution in [2.75, 3.05) is 24.7 Å². The molecule has 0 bridgehead atoms. The maximum absolute atomic E-state index is 6.43. The fourth-order valence-corrected chi connectivity index (χ4v) is 2.94. The van der Waals surface area contributed by atoms with Crippen molar-refractivity contribution in [2.24, 2.45) is 0 Å². The minimum atomic E-state index is 0.600. The molecule has 4 nitrogen and oxygen atoms in total. The summed E-state index contributed by atoms with van der Waals surface area (Å²) in [6.07, 6.45) is 5.03. The van der Waals surface area contributed by atoms with Gasteiger partial charge in [0.2, 0.25) is 0 Å². The molecule has 110 valence electrons. The zero-order valence-corrected chi connectivity index (χ0v) is 12.7. The van der Waals surface area contributed by atoms with Gasteiger partial charge in [-0.1, -0.05) is 12.1 Å². The van der Waals surface area contributed by atoms with Crippen molar-refractivity contribution in [3.8, 4) is 11.3 Å². The van der Waals surface area contributed by atoms with E-state index >= 15 is 0 Å². The average molecular weight is 282 g/mol. The van der Waals surface area contributed by atoms with E-state index in [-0.39, 0.29) is 0 Å². The number of rotatable bonds is 4. The van der Waals surface area contributed by atoms with Crippen molar-refractivity contribution in [1.82, 2.24) is 9.55 Å². The molecule has 2 saturated carbocycles. The summed E-state index contributed by atoms with van der Waals surface area (Å²) in [7, 11) is 4.10. The quantitative estimate of drug-likeness (QED) is 0.934. The summed E-state index contributed by atoms with van der Waals surface area (Å²) >= 11 is 0. The molecule has 0 aliphatic heterocycles. The third-order valence-electron chi connectivity index (χ3n) is 4.49. The van der Waals surface area contributed by atoms with Gasteiger partial charge >= 0.3 is 0 Å². The molecule has 0 spiro atoms. The predicted octanol–water partition coefficient (Wildman–Crippen LogP) is 3.41. The van der Waals surface area contributed by atoms with Crippen LogP contribution in [0.5, 0.6) is 0 Å². The molecular weight excluding hydrogens is 260 g/mol. The molecule has 1 heterocycles. The predicted molar refractivity (Wildman–Crippen MR) is 86.6 cm³/mol. The first-order chi connectivity index (χ1) is 10.1. The number of aromatic nitrogens is 2. The van der Waals surface area contributed by atoms with E-state index in [1.54, 1.807) is 0 Å². The minimum absolute atomic E-state index is 0.600. The maximum atomic E-state index is 6.43. The molecule has 0 radical (unpaired) electrons. The van der Waals surface area contributed by atoms with Gasteiger partial charge in [-0.05, 0) is 37.8 Å². The van der Waals surface area contributed by atoms with E-state index in [9.17, 15) is 0 Å². The third-order valence-corrected chi connectivity index (χ3v) is 4.49. The number of nitrogens with zero attached hydrogens (tertiary/aromatic N) is 3. The highest BCUT2D eigenvalue weighted by atomic mass is 15.2. The Kier molecular flexibility index (Phi) is 2.74. The van der Waals surface area contributed by atoms with Gasteiger partial charge in [0.05, 0.1) is 0 Å². The van der Waals surface area contributed by atoms with E-state index in [1.165, 1.54) is 37.2 Å². The molecule has 0 atom stereocenters. The molecule has 2 aliphatic carbocycles. The van der Waals surface area contributed by atoms with E-state index in [4.69, 9.17) is 10.7 Å². The number of imidazole rings is 1. The Morgan fingerprint density at radius 3 is 2.29 bits per heavy atom. The SMILES string of the molecule is CN(C)c1ccc(-c2nc(C3CC3)n(C3CC3)c2N)cc1. The highest BCUT2D eigenvalue weighted by Crippen LogP contribution is 2.48. The standard InChI is InChI=1S/C17H22N4/c1-20(2)13-7-5-11(6-8-13)15-16(18)21(14-9-10-14)17(19-15)12-3-4-12/h5-8,12,14H,3-4,9-10,18H2,1-2H3. The number of hydrogen-bond donors (Lipinski definition) is 1. The van der Waals surface area contributed by atoms with Crippen LogP contribution in [0, 0.1) is 0 Å². The van der Waals surface area contributed by atoms with Crippen LogP contribution < -0.4 is 10.6 Å². The molecule has 0 unspecified atom stereocenters. The Balaban J connectivity index is 1.75. The highest BCUT2D eigenvalue weighted by Gasteiger charge is 2.36. The molecule has 0 amide bonds. The van der Waals surface area contributed by atoms with Crippen LogP contribution >= 0.6 is 0 Å². The molecule has 0 saturated heterocycles. The molecule has 2 aliphatic rings. The number of benzene rings is 1. The van der Waals surface area contributed by atoms with E-state index in [1.807, 2.05) is 0 Å². The molecule has 2 fully saturated rings. The summed E-state index contributed by atoms with van der Waals surface area (Å²) in [4.78, 5) is 7.00. The molecule has 1 aromatic heterocycles. The Morgan fingerprint density at radius 2 is 1.76 bits per heavy atom. The number of nitrogen functional groups attached to an aromatic ring is 1. The zero-order chi connectivity index (χ0) is 14.6. The summed E-state index contributed by atoms with van der Waals surface area (Å²) in [6, 6.07) is 9.11. The second-order valence-electron chi connectivity index (χ2n) is 6.52. The molecule has 4 rings (SSSR count). The van der Waals surface area contributed by atoms with Gasteiger partial charge in [-0.3, -0.25) is 0 Å². The molecule has 2 aromatic rings. The third kappa shape index (κ3) is 2.19. The Hall–Kier alpha value is -1.97. The lowest BCUT2D eigenvalue weighted by molar-refractivity contribution is 0.691. The fraction of sp³-hybridized carbons (Fsp3) is 0.471. The number of hydrogen-bond acceptors (Lipinski definition) is 3. The van der Waals surface area contributed by atoms with Crippen LogP contribution in [0.2, 0.25) is 0 Å². The van der Waals surface area contributed by atoms with Crippen LogP contribution in [-0.4, -0.2) is 23.6 Å². The second-order valence-corrected chi connectivity index (χ2v) is 6.52. The minimum Gasteiger partial charge on any atom is -0.383 e. The van der Waals surface area contributed by atoms with E-state index in [2.05, 4.69) is 47.8 Å². The highest BCUT2D eigenvalue weighted by molar-refractivity contribution is 5.73. The second kappa shape index (κ2) is 4.52. The molecule has 4 heteroatoms. The van der Waals surface area contributed by atoms with Crippen LogP contribution in [-0.2, 0) is 0 Å². The molecule has 2 N–H and O–H groups in total. The van der Waals surface area contributed by atoms with Crippen LogP contribution in [0.3, 0.4) is 0 Å². The van der Waals surface area contributed by atoms with Gasteiger partial charge in [0.25, 0.3) is 0 Å². The van der Waals surface area contributed by atoms with Crippen LogP contribution in [0.25, 0.3) is 11.3 Å². The van der Waals surface area contributed by atoms with Crippen molar-refractivity contribution >= 4 is 11.5 Å². The van der Waals surface area contributed by atoms with Gasteiger partial charge in [0, 0.05) is 37.3 Å². The molecule has 1 aromatic carbocycles. The van der Waals surface area contributed by atoms with Gasteiger partial charge in [-0.25, -0.2) is 4.98 Å². The van der Waals surface area contributed by atoms with Crippen molar-refractivity contribution < 1.29 is 0 Å². The average Bonchev–Trinajstić information content (AvgIpc) is 3.37. The van der Waals surface area contributed by atoms with Crippen molar-refractivity contribution in [3.05, 3.63) is 30.1 Å². The topological polar surface area (TPSA) is 47.1 Å².